The SMILES string of the molecule is COCCC[C@@H](C)C(=O)N(C)C1c2ccccc2-c2ccccc21. The van der Waals surface area contributed by atoms with Crippen LogP contribution in [0, 0.1) is 5.92 Å². The molecule has 3 rings (SSSR count). The van der Waals surface area contributed by atoms with Gasteiger partial charge in [0.05, 0.1) is 6.04 Å². The predicted molar refractivity (Wildman–Crippen MR) is 96.8 cm³/mol. The zero-order valence-corrected chi connectivity index (χ0v) is 14.7. The van der Waals surface area contributed by atoms with Gasteiger partial charge in [0, 0.05) is 26.7 Å². The number of hydrogen-bond acceptors (Lipinski definition) is 2. The summed E-state index contributed by atoms with van der Waals surface area (Å²) in [5.41, 5.74) is 4.92. The predicted octanol–water partition coefficient (Wildman–Crippen LogP) is 4.28. The summed E-state index contributed by atoms with van der Waals surface area (Å²) in [5.74, 6) is 0.202. The molecule has 0 saturated heterocycles. The van der Waals surface area contributed by atoms with Crippen molar-refractivity contribution in [3.8, 4) is 11.1 Å². The van der Waals surface area contributed by atoms with Gasteiger partial charge in [0.15, 0.2) is 0 Å². The zero-order valence-electron chi connectivity index (χ0n) is 14.7. The van der Waals surface area contributed by atoms with Crippen LogP contribution in [-0.4, -0.2) is 31.6 Å². The first-order valence-electron chi connectivity index (χ1n) is 8.59. The van der Waals surface area contributed by atoms with Crippen molar-refractivity contribution in [3.63, 3.8) is 0 Å². The number of nitrogens with zero attached hydrogens (tertiary/aromatic N) is 1. The highest BCUT2D eigenvalue weighted by atomic mass is 16.5. The van der Waals surface area contributed by atoms with Crippen molar-refractivity contribution in [3.05, 3.63) is 59.7 Å². The Balaban J connectivity index is 1.87. The van der Waals surface area contributed by atoms with Crippen molar-refractivity contribution in [2.24, 2.45) is 5.92 Å². The number of benzene rings is 2. The second-order valence-electron chi connectivity index (χ2n) is 6.56. The number of methoxy groups -OCH3 is 1. The van der Waals surface area contributed by atoms with Crippen LogP contribution >= 0.6 is 0 Å². The van der Waals surface area contributed by atoms with E-state index >= 15 is 0 Å². The fraction of sp³-hybridized carbons (Fsp3) is 0.381. The van der Waals surface area contributed by atoms with Gasteiger partial charge in [0.2, 0.25) is 5.91 Å². The first-order valence-corrected chi connectivity index (χ1v) is 8.59. The maximum absolute atomic E-state index is 12.9. The normalized spacial score (nSPS) is 14.1. The molecule has 126 valence electrons. The van der Waals surface area contributed by atoms with E-state index in [-0.39, 0.29) is 17.9 Å². The summed E-state index contributed by atoms with van der Waals surface area (Å²) in [4.78, 5) is 14.8. The molecule has 24 heavy (non-hydrogen) atoms. The van der Waals surface area contributed by atoms with E-state index in [4.69, 9.17) is 4.74 Å². The van der Waals surface area contributed by atoms with Gasteiger partial charge in [0.1, 0.15) is 0 Å². The van der Waals surface area contributed by atoms with E-state index in [1.807, 2.05) is 18.9 Å². The highest BCUT2D eigenvalue weighted by molar-refractivity contribution is 5.84. The summed E-state index contributed by atoms with van der Waals surface area (Å²) < 4.78 is 5.10. The van der Waals surface area contributed by atoms with E-state index in [0.717, 1.165) is 12.8 Å². The second kappa shape index (κ2) is 7.18. The molecule has 0 aromatic heterocycles. The summed E-state index contributed by atoms with van der Waals surface area (Å²) in [6.07, 6.45) is 1.77. The Morgan fingerprint density at radius 1 is 1.08 bits per heavy atom. The first kappa shape index (κ1) is 16.7. The third-order valence-electron chi connectivity index (χ3n) is 4.94. The molecule has 0 unspecified atom stereocenters. The fourth-order valence-electron chi connectivity index (χ4n) is 3.68. The number of fused-ring (bicyclic) bond motifs is 3. The summed E-state index contributed by atoms with van der Waals surface area (Å²) >= 11 is 0. The molecular weight excluding hydrogens is 298 g/mol. The molecule has 0 spiro atoms. The maximum Gasteiger partial charge on any atom is 0.225 e. The van der Waals surface area contributed by atoms with E-state index < -0.39 is 0 Å². The van der Waals surface area contributed by atoms with Gasteiger partial charge in [-0.1, -0.05) is 55.5 Å². The zero-order chi connectivity index (χ0) is 17.1. The van der Waals surface area contributed by atoms with Crippen LogP contribution in [0.4, 0.5) is 0 Å². The average Bonchev–Trinajstić information content (AvgIpc) is 2.95. The van der Waals surface area contributed by atoms with E-state index in [2.05, 4.69) is 48.5 Å². The fourth-order valence-corrected chi connectivity index (χ4v) is 3.68. The van der Waals surface area contributed by atoms with Gasteiger partial charge >= 0.3 is 0 Å². The van der Waals surface area contributed by atoms with Crippen LogP contribution in [0.2, 0.25) is 0 Å². The van der Waals surface area contributed by atoms with Gasteiger partial charge < -0.3 is 9.64 Å². The molecule has 0 radical (unpaired) electrons. The lowest BCUT2D eigenvalue weighted by Gasteiger charge is -2.29. The number of carbonyl (C=O) groups excluding carboxylic acids is 1. The molecule has 1 atom stereocenters. The lowest BCUT2D eigenvalue weighted by molar-refractivity contribution is -0.135. The molecule has 0 fully saturated rings. The van der Waals surface area contributed by atoms with Crippen molar-refractivity contribution < 1.29 is 9.53 Å². The number of hydrogen-bond donors (Lipinski definition) is 0. The Labute approximate surface area is 144 Å². The van der Waals surface area contributed by atoms with Gasteiger partial charge in [-0.25, -0.2) is 0 Å². The van der Waals surface area contributed by atoms with Crippen LogP contribution in [0.15, 0.2) is 48.5 Å². The standard InChI is InChI=1S/C21H25NO2/c1-15(9-8-14-24-3)21(23)22(2)20-18-12-6-4-10-16(18)17-11-5-7-13-19(17)20/h4-7,10-13,15,20H,8-9,14H2,1-3H3/t15-/m1/s1. The molecule has 1 aliphatic carbocycles. The molecule has 0 heterocycles. The second-order valence-corrected chi connectivity index (χ2v) is 6.56. The van der Waals surface area contributed by atoms with Crippen LogP contribution in [0.25, 0.3) is 11.1 Å². The highest BCUT2D eigenvalue weighted by Gasteiger charge is 2.34. The van der Waals surface area contributed by atoms with Crippen LogP contribution in [-0.2, 0) is 9.53 Å². The molecule has 3 nitrogen and oxygen atoms in total. The van der Waals surface area contributed by atoms with Crippen molar-refractivity contribution in [1.29, 1.82) is 0 Å². The lowest BCUT2D eigenvalue weighted by Crippen LogP contribution is -2.35. The summed E-state index contributed by atoms with van der Waals surface area (Å²) in [6.45, 7) is 2.72. The largest absolute Gasteiger partial charge is 0.385 e. The smallest absolute Gasteiger partial charge is 0.225 e. The van der Waals surface area contributed by atoms with Gasteiger partial charge in [-0.05, 0) is 35.1 Å². The van der Waals surface area contributed by atoms with Crippen LogP contribution in [0.5, 0.6) is 0 Å². The minimum atomic E-state index is 0.00470. The van der Waals surface area contributed by atoms with E-state index in [9.17, 15) is 4.79 Å². The Morgan fingerprint density at radius 3 is 2.17 bits per heavy atom. The molecule has 0 aliphatic heterocycles. The number of ether oxygens (including phenoxy) is 1. The van der Waals surface area contributed by atoms with Crippen LogP contribution < -0.4 is 0 Å². The van der Waals surface area contributed by atoms with Gasteiger partial charge in [-0.3, -0.25) is 4.79 Å². The Hall–Kier alpha value is -2.13. The van der Waals surface area contributed by atoms with Crippen molar-refractivity contribution in [2.75, 3.05) is 20.8 Å². The number of amides is 1. The minimum Gasteiger partial charge on any atom is -0.385 e. The molecule has 1 amide bonds. The molecule has 2 aromatic rings. The molecule has 3 heteroatoms. The quantitative estimate of drug-likeness (QED) is 0.743. The number of rotatable bonds is 6. The molecule has 0 N–H and O–H groups in total. The lowest BCUT2D eigenvalue weighted by atomic mass is 9.99. The molecule has 0 saturated carbocycles. The van der Waals surface area contributed by atoms with E-state index in [1.54, 1.807) is 7.11 Å². The van der Waals surface area contributed by atoms with E-state index in [1.165, 1.54) is 22.3 Å². The number of carbonyl (C=O) groups is 1. The third kappa shape index (κ3) is 2.96. The van der Waals surface area contributed by atoms with Crippen molar-refractivity contribution in [2.45, 2.75) is 25.8 Å². The average molecular weight is 323 g/mol. The van der Waals surface area contributed by atoms with Crippen molar-refractivity contribution in [1.82, 2.24) is 4.90 Å². The summed E-state index contributed by atoms with van der Waals surface area (Å²) in [7, 11) is 3.63. The molecular formula is C21H25NO2. The summed E-state index contributed by atoms with van der Waals surface area (Å²) in [6, 6.07) is 16.8. The maximum atomic E-state index is 12.9. The third-order valence-corrected chi connectivity index (χ3v) is 4.94. The van der Waals surface area contributed by atoms with Gasteiger partial charge in [-0.15, -0.1) is 0 Å². The van der Waals surface area contributed by atoms with Gasteiger partial charge in [-0.2, -0.15) is 0 Å². The van der Waals surface area contributed by atoms with E-state index in [0.29, 0.717) is 6.61 Å². The Morgan fingerprint density at radius 2 is 1.62 bits per heavy atom. The summed E-state index contributed by atoms with van der Waals surface area (Å²) in [5, 5.41) is 0. The monoisotopic (exact) mass is 323 g/mol. The molecule has 0 bridgehead atoms. The van der Waals surface area contributed by atoms with Crippen molar-refractivity contribution >= 4 is 5.91 Å². The Kier molecular flexibility index (Phi) is 5.00. The highest BCUT2D eigenvalue weighted by Crippen LogP contribution is 2.46. The minimum absolute atomic E-state index is 0.00470. The topological polar surface area (TPSA) is 29.5 Å². The van der Waals surface area contributed by atoms with Crippen LogP contribution in [0.1, 0.15) is 36.9 Å². The molecule has 1 aliphatic rings. The first-order chi connectivity index (χ1) is 11.6. The van der Waals surface area contributed by atoms with Gasteiger partial charge in [0.25, 0.3) is 0 Å². The Bertz CT molecular complexity index is 680. The molecule has 2 aromatic carbocycles. The van der Waals surface area contributed by atoms with Crippen LogP contribution in [0.3, 0.4) is 0 Å².